The molecular weight excluding hydrogens is 596 g/mol. The molecule has 0 atom stereocenters. The van der Waals surface area contributed by atoms with E-state index in [-0.39, 0.29) is 27.7 Å². The predicted octanol–water partition coefficient (Wildman–Crippen LogP) is 9.11. The summed E-state index contributed by atoms with van der Waals surface area (Å²) in [4.78, 5) is 3.02. The van der Waals surface area contributed by atoms with Gasteiger partial charge < -0.3 is 10.2 Å². The minimum atomic E-state index is -0.174. The van der Waals surface area contributed by atoms with Gasteiger partial charge in [0.15, 0.2) is 0 Å². The third kappa shape index (κ3) is 6.72. The molecule has 0 bridgehead atoms. The van der Waals surface area contributed by atoms with Gasteiger partial charge in [-0.2, -0.15) is 0 Å². The molecule has 0 saturated heterocycles. The lowest BCUT2D eigenvalue weighted by atomic mass is 9.80. The summed E-state index contributed by atoms with van der Waals surface area (Å²) in [6.07, 6.45) is 0. The number of halogens is 1. The fourth-order valence-corrected chi connectivity index (χ4v) is 5.39. The van der Waals surface area contributed by atoms with E-state index in [0.29, 0.717) is 21.9 Å². The van der Waals surface area contributed by atoms with Crippen LogP contribution in [0.5, 0.6) is 11.5 Å². The van der Waals surface area contributed by atoms with Crippen molar-refractivity contribution in [3.63, 3.8) is 0 Å². The third-order valence-electron chi connectivity index (χ3n) is 7.87. The van der Waals surface area contributed by atoms with E-state index in [1.807, 2.05) is 55.5 Å². The number of benzene rings is 4. The number of rotatable bonds is 2. The van der Waals surface area contributed by atoms with Crippen molar-refractivity contribution >= 4 is 33.7 Å². The van der Waals surface area contributed by atoms with Crippen LogP contribution in [0.4, 0.5) is 0 Å². The van der Waals surface area contributed by atoms with E-state index >= 15 is 0 Å². The number of aromatic nitrogens is 6. The van der Waals surface area contributed by atoms with Gasteiger partial charge in [0.25, 0.3) is 0 Å². The minimum absolute atomic E-state index is 0.0327. The number of hydrogen-bond donors (Lipinski definition) is 2. The minimum Gasteiger partial charge on any atom is -0.505 e. The molecule has 46 heavy (non-hydrogen) atoms. The van der Waals surface area contributed by atoms with E-state index in [9.17, 15) is 10.2 Å². The van der Waals surface area contributed by atoms with Gasteiger partial charge in [-0.05, 0) is 76.8 Å². The van der Waals surface area contributed by atoms with Gasteiger partial charge >= 0.3 is 0 Å². The Bertz CT molecular complexity index is 2020. The number of phenols is 2. The van der Waals surface area contributed by atoms with Crippen LogP contribution in [-0.2, 0) is 16.2 Å². The van der Waals surface area contributed by atoms with Crippen LogP contribution in [0.15, 0.2) is 66.7 Å². The summed E-state index contributed by atoms with van der Waals surface area (Å²) < 4.78 is 0. The summed E-state index contributed by atoms with van der Waals surface area (Å²) in [6.45, 7) is 21.0. The molecule has 2 heterocycles. The molecule has 0 radical (unpaired) electrons. The average molecular weight is 639 g/mol. The lowest BCUT2D eigenvalue weighted by Gasteiger charge is -2.27. The maximum atomic E-state index is 10.9. The second-order valence-corrected chi connectivity index (χ2v) is 15.4. The Balaban J connectivity index is 0.000000182. The predicted molar refractivity (Wildman–Crippen MR) is 187 cm³/mol. The highest BCUT2D eigenvalue weighted by atomic mass is 35.5. The Morgan fingerprint density at radius 1 is 0.543 bits per heavy atom. The fourth-order valence-electron chi connectivity index (χ4n) is 5.22. The van der Waals surface area contributed by atoms with Crippen LogP contribution in [0.25, 0.3) is 33.4 Å². The molecule has 4 aromatic carbocycles. The topological polar surface area (TPSA) is 102 Å². The van der Waals surface area contributed by atoms with Gasteiger partial charge in [0.2, 0.25) is 0 Å². The zero-order chi connectivity index (χ0) is 33.8. The second-order valence-electron chi connectivity index (χ2n) is 14.9. The Labute approximate surface area is 275 Å². The summed E-state index contributed by atoms with van der Waals surface area (Å²) in [5.74, 6) is 0.459. The summed E-state index contributed by atoms with van der Waals surface area (Å²) in [5, 5.41) is 40.1. The average Bonchev–Trinajstić information content (AvgIpc) is 3.56. The van der Waals surface area contributed by atoms with Gasteiger partial charge in [0.1, 0.15) is 44.9 Å². The molecule has 0 aliphatic heterocycles. The number of nitrogens with zero attached hydrogens (tertiary/aromatic N) is 6. The number of aromatic hydroxyl groups is 2. The number of aryl methyl sites for hydroxylation is 1. The monoisotopic (exact) mass is 638 g/mol. The van der Waals surface area contributed by atoms with Crippen molar-refractivity contribution in [1.29, 1.82) is 0 Å². The molecular formula is C37H43ClN6O2. The first-order valence-electron chi connectivity index (χ1n) is 15.4. The highest BCUT2D eigenvalue weighted by Crippen LogP contribution is 2.39. The number of fused-ring (bicyclic) bond motifs is 2. The van der Waals surface area contributed by atoms with Crippen molar-refractivity contribution in [2.45, 2.75) is 85.5 Å². The van der Waals surface area contributed by atoms with Crippen LogP contribution < -0.4 is 0 Å². The molecule has 6 rings (SSSR count). The van der Waals surface area contributed by atoms with Gasteiger partial charge in [-0.15, -0.1) is 30.0 Å². The molecule has 0 fully saturated rings. The van der Waals surface area contributed by atoms with Crippen molar-refractivity contribution in [3.8, 4) is 22.9 Å². The maximum absolute atomic E-state index is 10.9. The Hall–Kier alpha value is -4.43. The highest BCUT2D eigenvalue weighted by Gasteiger charge is 2.26. The Morgan fingerprint density at radius 2 is 1.00 bits per heavy atom. The maximum Gasteiger partial charge on any atom is 0.146 e. The van der Waals surface area contributed by atoms with Crippen molar-refractivity contribution in [2.24, 2.45) is 0 Å². The van der Waals surface area contributed by atoms with Crippen molar-refractivity contribution in [2.75, 3.05) is 0 Å². The summed E-state index contributed by atoms with van der Waals surface area (Å²) >= 11 is 5.99. The van der Waals surface area contributed by atoms with E-state index in [1.165, 1.54) is 4.80 Å². The molecule has 0 aliphatic rings. The van der Waals surface area contributed by atoms with Crippen molar-refractivity contribution < 1.29 is 10.2 Å². The first-order valence-corrected chi connectivity index (χ1v) is 15.8. The van der Waals surface area contributed by atoms with Crippen molar-refractivity contribution in [1.82, 2.24) is 30.0 Å². The Kier molecular flexibility index (Phi) is 8.41. The van der Waals surface area contributed by atoms with Crippen LogP contribution in [-0.4, -0.2) is 40.2 Å². The molecule has 2 aromatic heterocycles. The van der Waals surface area contributed by atoms with E-state index in [4.69, 9.17) is 11.6 Å². The number of hydrogen-bond acceptors (Lipinski definition) is 6. The standard InChI is InChI=1S/C20H25N3O.C17H18ClN3O/c1-19(2,3)13-11-14(20(4,5)6)18(24)17(12-13)23-21-15-9-7-8-10-16(15)22-23;1-10-7-12(17(2,3)4)16(22)15(8-10)21-19-13-6-5-11(18)9-14(13)20-21/h7-12,24H,1-6H3;5-9,22H,1-4H3. The molecule has 8 nitrogen and oxygen atoms in total. The first-order chi connectivity index (χ1) is 21.3. The zero-order valence-corrected chi connectivity index (χ0v) is 29.1. The van der Waals surface area contributed by atoms with Gasteiger partial charge in [0, 0.05) is 16.1 Å². The van der Waals surface area contributed by atoms with Gasteiger partial charge in [-0.3, -0.25) is 0 Å². The zero-order valence-electron chi connectivity index (χ0n) is 28.3. The summed E-state index contributed by atoms with van der Waals surface area (Å²) in [5.41, 5.74) is 7.90. The largest absolute Gasteiger partial charge is 0.505 e. The first kappa shape index (κ1) is 32.9. The molecule has 0 amide bonds. The number of phenolic OH excluding ortho intramolecular Hbond substituents is 2. The SMILES string of the molecule is CC(C)(C)c1cc(-n2nc3ccccc3n2)c(O)c(C(C)(C)C)c1.Cc1cc(-n2nc3ccc(Cl)cc3n2)c(O)c(C(C)(C)C)c1. The van der Waals surface area contributed by atoms with Gasteiger partial charge in [-0.25, -0.2) is 0 Å². The van der Waals surface area contributed by atoms with Crippen molar-refractivity contribution in [3.05, 3.63) is 94.0 Å². The molecule has 0 spiro atoms. The van der Waals surface area contributed by atoms with Gasteiger partial charge in [-0.1, -0.05) is 98.2 Å². The quantitative estimate of drug-likeness (QED) is 0.196. The molecule has 6 aromatic rings. The molecule has 0 unspecified atom stereocenters. The third-order valence-corrected chi connectivity index (χ3v) is 8.10. The van der Waals surface area contributed by atoms with Crippen LogP contribution in [0.2, 0.25) is 5.02 Å². The molecule has 240 valence electrons. The molecule has 2 N–H and O–H groups in total. The highest BCUT2D eigenvalue weighted by molar-refractivity contribution is 6.31. The lowest BCUT2D eigenvalue weighted by molar-refractivity contribution is 0.438. The van der Waals surface area contributed by atoms with Crippen LogP contribution in [0.3, 0.4) is 0 Å². The van der Waals surface area contributed by atoms with E-state index in [1.54, 1.807) is 16.9 Å². The van der Waals surface area contributed by atoms with E-state index in [0.717, 1.165) is 38.8 Å². The lowest BCUT2D eigenvalue weighted by Crippen LogP contribution is -2.18. The van der Waals surface area contributed by atoms with E-state index < -0.39 is 0 Å². The van der Waals surface area contributed by atoms with Gasteiger partial charge in [0.05, 0.1) is 0 Å². The molecule has 0 saturated carbocycles. The summed E-state index contributed by atoms with van der Waals surface area (Å²) in [6, 6.07) is 21.1. The second kappa shape index (κ2) is 11.7. The fraction of sp³-hybridized carbons (Fsp3) is 0.351. The Morgan fingerprint density at radius 3 is 1.50 bits per heavy atom. The normalized spacial score (nSPS) is 12.4. The molecule has 9 heteroatoms. The van der Waals surface area contributed by atoms with E-state index in [2.05, 4.69) is 88.8 Å². The van der Waals surface area contributed by atoms with Crippen LogP contribution in [0, 0.1) is 6.92 Å². The summed E-state index contributed by atoms with van der Waals surface area (Å²) in [7, 11) is 0. The smallest absolute Gasteiger partial charge is 0.146 e. The molecule has 0 aliphatic carbocycles. The van der Waals surface area contributed by atoms with Crippen LogP contribution in [0.1, 0.15) is 84.6 Å². The van der Waals surface area contributed by atoms with Crippen LogP contribution >= 0.6 is 11.6 Å².